The number of piperidine rings is 1. The molecule has 1 saturated heterocycles. The SMILES string of the molecule is Cc1ccc(C(=O)N2CCCC(S(N)(=O)=O)C2)o1. The smallest absolute Gasteiger partial charge is 0.289 e. The van der Waals surface area contributed by atoms with E-state index >= 15 is 0 Å². The van der Waals surface area contributed by atoms with E-state index in [1.807, 2.05) is 0 Å². The number of nitrogens with zero attached hydrogens (tertiary/aromatic N) is 1. The lowest BCUT2D eigenvalue weighted by Crippen LogP contribution is -2.47. The van der Waals surface area contributed by atoms with Gasteiger partial charge in [-0.15, -0.1) is 0 Å². The fraction of sp³-hybridized carbons (Fsp3) is 0.545. The lowest BCUT2D eigenvalue weighted by atomic mass is 10.1. The first kappa shape index (κ1) is 13.1. The molecule has 2 rings (SSSR count). The fourth-order valence-corrected chi connectivity index (χ4v) is 2.98. The van der Waals surface area contributed by atoms with Crippen LogP contribution < -0.4 is 5.14 Å². The number of carbonyl (C=O) groups is 1. The van der Waals surface area contributed by atoms with Gasteiger partial charge in [-0.25, -0.2) is 13.6 Å². The number of likely N-dealkylation sites (tertiary alicyclic amines) is 1. The van der Waals surface area contributed by atoms with Crippen LogP contribution in [0.3, 0.4) is 0 Å². The van der Waals surface area contributed by atoms with E-state index in [2.05, 4.69) is 0 Å². The summed E-state index contributed by atoms with van der Waals surface area (Å²) in [6.07, 6.45) is 1.13. The summed E-state index contributed by atoms with van der Waals surface area (Å²) in [6, 6.07) is 3.30. The molecule has 1 aromatic rings. The number of nitrogens with two attached hydrogens (primary N) is 1. The Bertz CT molecular complexity index is 549. The molecule has 2 heterocycles. The van der Waals surface area contributed by atoms with E-state index in [4.69, 9.17) is 9.56 Å². The molecule has 2 N–H and O–H groups in total. The van der Waals surface area contributed by atoms with Gasteiger partial charge in [0.1, 0.15) is 5.76 Å². The van der Waals surface area contributed by atoms with E-state index in [0.29, 0.717) is 25.1 Å². The highest BCUT2D eigenvalue weighted by Crippen LogP contribution is 2.18. The van der Waals surface area contributed by atoms with Crippen molar-refractivity contribution in [2.75, 3.05) is 13.1 Å². The molecule has 0 aromatic carbocycles. The molecule has 0 aliphatic carbocycles. The summed E-state index contributed by atoms with van der Waals surface area (Å²) in [5, 5.41) is 4.45. The normalized spacial score (nSPS) is 21.0. The Morgan fingerprint density at radius 2 is 2.22 bits per heavy atom. The number of sulfonamides is 1. The van der Waals surface area contributed by atoms with Crippen LogP contribution in [0.15, 0.2) is 16.5 Å². The van der Waals surface area contributed by atoms with Crippen LogP contribution in [0.25, 0.3) is 0 Å². The summed E-state index contributed by atoms with van der Waals surface area (Å²) in [4.78, 5) is 13.6. The van der Waals surface area contributed by atoms with E-state index in [1.54, 1.807) is 19.1 Å². The van der Waals surface area contributed by atoms with Crippen LogP contribution in [0.5, 0.6) is 0 Å². The zero-order chi connectivity index (χ0) is 13.3. The summed E-state index contributed by atoms with van der Waals surface area (Å²) in [6.45, 7) is 2.42. The first-order valence-corrected chi connectivity index (χ1v) is 7.36. The van der Waals surface area contributed by atoms with Gasteiger partial charge in [0.15, 0.2) is 5.76 Å². The van der Waals surface area contributed by atoms with Gasteiger partial charge in [0, 0.05) is 13.1 Å². The van der Waals surface area contributed by atoms with Gasteiger partial charge in [-0.1, -0.05) is 0 Å². The van der Waals surface area contributed by atoms with Crippen LogP contribution in [0.2, 0.25) is 0 Å². The van der Waals surface area contributed by atoms with Crippen LogP contribution in [-0.4, -0.2) is 37.6 Å². The van der Waals surface area contributed by atoms with Gasteiger partial charge in [-0.05, 0) is 31.9 Å². The Labute approximate surface area is 106 Å². The van der Waals surface area contributed by atoms with Gasteiger partial charge < -0.3 is 9.32 Å². The highest BCUT2D eigenvalue weighted by atomic mass is 32.2. The van der Waals surface area contributed by atoms with Crippen molar-refractivity contribution in [3.8, 4) is 0 Å². The number of primary sulfonamides is 1. The largest absolute Gasteiger partial charge is 0.456 e. The van der Waals surface area contributed by atoms with Crippen LogP contribution in [0.4, 0.5) is 0 Å². The number of amides is 1. The maximum atomic E-state index is 12.1. The molecule has 1 amide bonds. The Kier molecular flexibility index (Phi) is 3.45. The third-order valence-electron chi connectivity index (χ3n) is 3.08. The van der Waals surface area contributed by atoms with Gasteiger partial charge in [0.05, 0.1) is 5.25 Å². The molecule has 1 aliphatic rings. The minimum absolute atomic E-state index is 0.136. The third kappa shape index (κ3) is 2.73. The maximum absolute atomic E-state index is 12.1. The second-order valence-electron chi connectivity index (χ2n) is 4.51. The van der Waals surface area contributed by atoms with Gasteiger partial charge in [-0.3, -0.25) is 4.79 Å². The zero-order valence-corrected chi connectivity index (χ0v) is 10.9. The Hall–Kier alpha value is -1.34. The molecular formula is C11H16N2O4S. The van der Waals surface area contributed by atoms with Gasteiger partial charge in [0.2, 0.25) is 10.0 Å². The molecule has 7 heteroatoms. The first-order chi connectivity index (χ1) is 8.38. The molecule has 0 radical (unpaired) electrons. The minimum atomic E-state index is -3.59. The number of rotatable bonds is 2. The molecule has 1 fully saturated rings. The van der Waals surface area contributed by atoms with Gasteiger partial charge in [-0.2, -0.15) is 0 Å². The number of carbonyl (C=O) groups excluding carboxylic acids is 1. The van der Waals surface area contributed by atoms with E-state index in [0.717, 1.165) is 0 Å². The van der Waals surface area contributed by atoms with Crippen LogP contribution >= 0.6 is 0 Å². The highest BCUT2D eigenvalue weighted by molar-refractivity contribution is 7.89. The summed E-state index contributed by atoms with van der Waals surface area (Å²) in [5.41, 5.74) is 0. The van der Waals surface area contributed by atoms with Gasteiger partial charge >= 0.3 is 0 Å². The molecule has 6 nitrogen and oxygen atoms in total. The van der Waals surface area contributed by atoms with E-state index in [-0.39, 0.29) is 18.2 Å². The van der Waals surface area contributed by atoms with Crippen LogP contribution in [-0.2, 0) is 10.0 Å². The topological polar surface area (TPSA) is 93.6 Å². The predicted octanol–water partition coefficient (Wildman–Crippen LogP) is 0.481. The number of aryl methyl sites for hydroxylation is 1. The fourth-order valence-electron chi connectivity index (χ4n) is 2.10. The molecule has 0 bridgehead atoms. The van der Waals surface area contributed by atoms with Crippen molar-refractivity contribution in [2.24, 2.45) is 5.14 Å². The third-order valence-corrected chi connectivity index (χ3v) is 4.40. The van der Waals surface area contributed by atoms with Crippen molar-refractivity contribution in [2.45, 2.75) is 25.0 Å². The standard InChI is InChI=1S/C11H16N2O4S/c1-8-4-5-10(17-8)11(14)13-6-2-3-9(7-13)18(12,15)16/h4-5,9H,2-3,6-7H2,1H3,(H2,12,15,16). The lowest BCUT2D eigenvalue weighted by molar-refractivity contribution is 0.0693. The average Bonchev–Trinajstić information content (AvgIpc) is 2.74. The first-order valence-electron chi connectivity index (χ1n) is 5.75. The van der Waals surface area contributed by atoms with Crippen molar-refractivity contribution >= 4 is 15.9 Å². The zero-order valence-electron chi connectivity index (χ0n) is 10.1. The van der Waals surface area contributed by atoms with Crippen molar-refractivity contribution in [3.05, 3.63) is 23.7 Å². The molecular weight excluding hydrogens is 256 g/mol. The van der Waals surface area contributed by atoms with E-state index in [9.17, 15) is 13.2 Å². The molecule has 1 aromatic heterocycles. The van der Waals surface area contributed by atoms with Gasteiger partial charge in [0.25, 0.3) is 5.91 Å². The van der Waals surface area contributed by atoms with Crippen molar-refractivity contribution in [3.63, 3.8) is 0 Å². The van der Waals surface area contributed by atoms with E-state index < -0.39 is 15.3 Å². The molecule has 100 valence electrons. The second kappa shape index (κ2) is 4.74. The van der Waals surface area contributed by atoms with Crippen molar-refractivity contribution in [1.29, 1.82) is 0 Å². The number of hydrogen-bond acceptors (Lipinski definition) is 4. The lowest BCUT2D eigenvalue weighted by Gasteiger charge is -2.30. The Balaban J connectivity index is 2.12. The summed E-state index contributed by atoms with van der Waals surface area (Å²) < 4.78 is 27.9. The van der Waals surface area contributed by atoms with Crippen molar-refractivity contribution < 1.29 is 17.6 Å². The molecule has 0 spiro atoms. The van der Waals surface area contributed by atoms with Crippen molar-refractivity contribution in [1.82, 2.24) is 4.90 Å². The van der Waals surface area contributed by atoms with Crippen LogP contribution in [0, 0.1) is 6.92 Å². The Morgan fingerprint density at radius 3 is 2.78 bits per heavy atom. The second-order valence-corrected chi connectivity index (χ2v) is 6.36. The molecule has 18 heavy (non-hydrogen) atoms. The summed E-state index contributed by atoms with van der Waals surface area (Å²) >= 11 is 0. The summed E-state index contributed by atoms with van der Waals surface area (Å²) in [7, 11) is -3.59. The minimum Gasteiger partial charge on any atom is -0.456 e. The summed E-state index contributed by atoms with van der Waals surface area (Å²) in [5.74, 6) is 0.609. The number of hydrogen-bond donors (Lipinski definition) is 1. The molecule has 1 unspecified atom stereocenters. The molecule has 1 atom stereocenters. The number of furan rings is 1. The predicted molar refractivity (Wildman–Crippen MR) is 65.5 cm³/mol. The van der Waals surface area contributed by atoms with Crippen LogP contribution in [0.1, 0.15) is 29.2 Å². The highest BCUT2D eigenvalue weighted by Gasteiger charge is 2.31. The van der Waals surface area contributed by atoms with E-state index in [1.165, 1.54) is 4.90 Å². The molecule has 1 aliphatic heterocycles. The average molecular weight is 272 g/mol. The molecule has 0 saturated carbocycles. The quantitative estimate of drug-likeness (QED) is 0.847. The maximum Gasteiger partial charge on any atom is 0.289 e. The Morgan fingerprint density at radius 1 is 1.50 bits per heavy atom. The monoisotopic (exact) mass is 272 g/mol.